The number of halogens is 1. The first-order valence-electron chi connectivity index (χ1n) is 6.34. The van der Waals surface area contributed by atoms with E-state index in [-0.39, 0.29) is 19.4 Å². The van der Waals surface area contributed by atoms with E-state index in [4.69, 9.17) is 11.3 Å². The van der Waals surface area contributed by atoms with E-state index in [1.54, 1.807) is 24.3 Å². The molecule has 114 valence electrons. The van der Waals surface area contributed by atoms with Gasteiger partial charge in [-0.05, 0) is 12.1 Å². The molecule has 0 N–H and O–H groups in total. The van der Waals surface area contributed by atoms with E-state index >= 15 is 0 Å². The van der Waals surface area contributed by atoms with Gasteiger partial charge in [0, 0.05) is 22.9 Å². The van der Waals surface area contributed by atoms with Gasteiger partial charge in [0.2, 0.25) is 6.10 Å². The van der Waals surface area contributed by atoms with Crippen LogP contribution in [0.25, 0.3) is 4.85 Å². The number of carbonyl (C=O) groups is 3. The van der Waals surface area contributed by atoms with Gasteiger partial charge in [-0.2, -0.15) is 0 Å². The van der Waals surface area contributed by atoms with Gasteiger partial charge in [-0.3, -0.25) is 14.4 Å². The van der Waals surface area contributed by atoms with Crippen molar-refractivity contribution in [2.24, 2.45) is 0 Å². The van der Waals surface area contributed by atoms with Gasteiger partial charge in [0.15, 0.2) is 0 Å². The molecule has 8 heteroatoms. The van der Waals surface area contributed by atoms with Crippen molar-refractivity contribution in [3.63, 3.8) is 0 Å². The fraction of sp³-hybridized carbons (Fsp3) is 0.286. The summed E-state index contributed by atoms with van der Waals surface area (Å²) in [4.78, 5) is 42.3. The molecule has 1 aromatic carbocycles. The van der Waals surface area contributed by atoms with Crippen molar-refractivity contribution < 1.29 is 24.0 Å². The van der Waals surface area contributed by atoms with E-state index in [0.717, 1.165) is 4.47 Å². The molecule has 2 amide bonds. The quantitative estimate of drug-likeness (QED) is 0.465. The van der Waals surface area contributed by atoms with Gasteiger partial charge in [-0.1, -0.05) is 33.1 Å². The van der Waals surface area contributed by atoms with Crippen LogP contribution in [0.15, 0.2) is 28.7 Å². The van der Waals surface area contributed by atoms with Gasteiger partial charge < -0.3 is 9.58 Å². The molecule has 0 bridgehead atoms. The van der Waals surface area contributed by atoms with E-state index in [1.807, 2.05) is 0 Å². The highest BCUT2D eigenvalue weighted by Gasteiger charge is 2.34. The number of hydroxylamine groups is 2. The Balaban J connectivity index is 2.03. The number of hydrogen-bond acceptors (Lipinski definition) is 5. The summed E-state index contributed by atoms with van der Waals surface area (Å²) in [7, 11) is 0. The number of hydrogen-bond donors (Lipinski definition) is 0. The van der Waals surface area contributed by atoms with Gasteiger partial charge >= 0.3 is 6.16 Å². The summed E-state index contributed by atoms with van der Waals surface area (Å²) in [6.07, 6.45) is -2.03. The first-order chi connectivity index (χ1) is 10.5. The molecule has 0 saturated carbocycles. The molecule has 1 saturated heterocycles. The number of amides is 2. The minimum absolute atomic E-state index is 0.00427. The summed E-state index contributed by atoms with van der Waals surface area (Å²) in [5, 5.41) is 0.402. The Labute approximate surface area is 134 Å². The van der Waals surface area contributed by atoms with Crippen molar-refractivity contribution in [2.45, 2.75) is 18.9 Å². The van der Waals surface area contributed by atoms with Crippen molar-refractivity contribution in [3.05, 3.63) is 45.7 Å². The lowest BCUT2D eigenvalue weighted by atomic mass is 10.1. The normalized spacial score (nSPS) is 15.4. The lowest BCUT2D eigenvalue weighted by Gasteiger charge is -2.16. The number of carbonyl (C=O) groups excluding carboxylic acids is 3. The highest BCUT2D eigenvalue weighted by atomic mass is 79.9. The lowest BCUT2D eigenvalue weighted by Crippen LogP contribution is -2.33. The highest BCUT2D eigenvalue weighted by Crippen LogP contribution is 2.22. The van der Waals surface area contributed by atoms with Crippen LogP contribution in [0, 0.1) is 6.57 Å². The molecule has 0 aliphatic carbocycles. The second-order valence-corrected chi connectivity index (χ2v) is 5.34. The third kappa shape index (κ3) is 3.83. The SMILES string of the molecule is [C-]#[N+]CC(OC(=O)ON1C(=O)CCC1=O)c1ccc(Br)cc1. The molecule has 1 atom stereocenters. The Bertz CT molecular complexity index is 622. The van der Waals surface area contributed by atoms with E-state index in [2.05, 4.69) is 25.6 Å². The van der Waals surface area contributed by atoms with Gasteiger partial charge in [0.05, 0.1) is 0 Å². The Morgan fingerprint density at radius 3 is 2.41 bits per heavy atom. The third-order valence-corrected chi connectivity index (χ3v) is 3.44. The number of imide groups is 1. The smallest absolute Gasteiger partial charge is 0.416 e. The minimum Gasteiger partial charge on any atom is -0.416 e. The van der Waals surface area contributed by atoms with Crippen molar-refractivity contribution in [3.8, 4) is 0 Å². The second kappa shape index (κ2) is 7.04. The molecule has 1 heterocycles. The molecule has 1 aliphatic rings. The van der Waals surface area contributed by atoms with Gasteiger partial charge in [0.1, 0.15) is 0 Å². The Morgan fingerprint density at radius 1 is 1.27 bits per heavy atom. The Kier molecular flexibility index (Phi) is 5.12. The summed E-state index contributed by atoms with van der Waals surface area (Å²) in [6.45, 7) is 6.82. The van der Waals surface area contributed by atoms with E-state index in [1.165, 1.54) is 0 Å². The van der Waals surface area contributed by atoms with Crippen molar-refractivity contribution in [1.82, 2.24) is 5.06 Å². The van der Waals surface area contributed by atoms with Crippen LogP contribution in [0.5, 0.6) is 0 Å². The Hall–Kier alpha value is -2.40. The Morgan fingerprint density at radius 2 is 1.86 bits per heavy atom. The lowest BCUT2D eigenvalue weighted by molar-refractivity contribution is -0.178. The summed E-state index contributed by atoms with van der Waals surface area (Å²) in [5.74, 6) is -1.18. The molecule has 1 aliphatic heterocycles. The van der Waals surface area contributed by atoms with Crippen LogP contribution in [0.1, 0.15) is 24.5 Å². The van der Waals surface area contributed by atoms with Crippen LogP contribution in [0.4, 0.5) is 4.79 Å². The summed E-state index contributed by atoms with van der Waals surface area (Å²) < 4.78 is 5.88. The number of ether oxygens (including phenoxy) is 1. The zero-order chi connectivity index (χ0) is 16.1. The zero-order valence-corrected chi connectivity index (χ0v) is 12.9. The van der Waals surface area contributed by atoms with Crippen LogP contribution in [-0.2, 0) is 19.2 Å². The largest absolute Gasteiger partial charge is 0.534 e. The van der Waals surface area contributed by atoms with E-state index in [9.17, 15) is 14.4 Å². The number of nitrogens with zero attached hydrogens (tertiary/aromatic N) is 2. The molecule has 0 radical (unpaired) electrons. The van der Waals surface area contributed by atoms with Crippen molar-refractivity contribution in [1.29, 1.82) is 0 Å². The molecule has 0 spiro atoms. The number of rotatable bonds is 4. The van der Waals surface area contributed by atoms with Crippen LogP contribution >= 0.6 is 15.9 Å². The predicted octanol–water partition coefficient (Wildman–Crippen LogP) is 2.63. The van der Waals surface area contributed by atoms with Gasteiger partial charge in [0.25, 0.3) is 18.4 Å². The molecule has 22 heavy (non-hydrogen) atoms. The predicted molar refractivity (Wildman–Crippen MR) is 77.0 cm³/mol. The van der Waals surface area contributed by atoms with Crippen LogP contribution in [0.3, 0.4) is 0 Å². The van der Waals surface area contributed by atoms with E-state index < -0.39 is 24.1 Å². The van der Waals surface area contributed by atoms with Crippen LogP contribution in [0.2, 0.25) is 0 Å². The molecule has 0 aromatic heterocycles. The topological polar surface area (TPSA) is 77.3 Å². The van der Waals surface area contributed by atoms with Crippen LogP contribution in [-0.4, -0.2) is 29.6 Å². The van der Waals surface area contributed by atoms with Crippen molar-refractivity contribution in [2.75, 3.05) is 6.54 Å². The van der Waals surface area contributed by atoms with Crippen LogP contribution < -0.4 is 0 Å². The zero-order valence-electron chi connectivity index (χ0n) is 11.3. The molecular formula is C14H11BrN2O5. The summed E-state index contributed by atoms with van der Waals surface area (Å²) in [6, 6.07) is 6.88. The maximum atomic E-state index is 11.7. The van der Waals surface area contributed by atoms with Gasteiger partial charge in [-0.25, -0.2) is 11.4 Å². The number of benzene rings is 1. The second-order valence-electron chi connectivity index (χ2n) is 4.42. The minimum atomic E-state index is -1.19. The fourth-order valence-electron chi connectivity index (χ4n) is 1.84. The van der Waals surface area contributed by atoms with Gasteiger partial charge in [-0.15, -0.1) is 0 Å². The molecule has 1 aromatic rings. The maximum Gasteiger partial charge on any atom is 0.534 e. The monoisotopic (exact) mass is 366 g/mol. The average Bonchev–Trinajstić information content (AvgIpc) is 2.79. The summed E-state index contributed by atoms with van der Waals surface area (Å²) >= 11 is 3.28. The first-order valence-corrected chi connectivity index (χ1v) is 7.13. The molecule has 7 nitrogen and oxygen atoms in total. The first kappa shape index (κ1) is 16.0. The van der Waals surface area contributed by atoms with E-state index in [0.29, 0.717) is 10.6 Å². The molecule has 2 rings (SSSR count). The molecule has 1 unspecified atom stereocenters. The fourth-order valence-corrected chi connectivity index (χ4v) is 2.11. The average molecular weight is 367 g/mol. The standard InChI is InChI=1S/C14H11BrN2O5/c1-16-8-11(9-2-4-10(15)5-3-9)21-14(20)22-17-12(18)6-7-13(17)19/h2-5,11H,6-8H2. The molecular weight excluding hydrogens is 356 g/mol. The third-order valence-electron chi connectivity index (χ3n) is 2.91. The molecule has 1 fully saturated rings. The summed E-state index contributed by atoms with van der Waals surface area (Å²) in [5.41, 5.74) is 0.607. The highest BCUT2D eigenvalue weighted by molar-refractivity contribution is 9.10. The maximum absolute atomic E-state index is 11.7. The van der Waals surface area contributed by atoms with Crippen molar-refractivity contribution >= 4 is 33.9 Å².